The van der Waals surface area contributed by atoms with Gasteiger partial charge in [0, 0.05) is 36.9 Å². The number of amides is 1. The number of likely N-dealkylation sites (tertiary alicyclic amines) is 1. The standard InChI is InChI=1S/C36H41F6N5O4/c37-34(38,39)19-46-9-6-25(17-46)51-24-4-5-28-27(15-24)33(7-2-1-3-8-33)18-47(28)32-43-16-26(29(44-32)36(40,41)42)30(48)45-35(31(49)50)22-11-20-10-21(13-22)14-23(35)12-20/h4-5,15-16,20-23,25H,1-3,6-14,17-19H2,(H,45,48)(H,49,50)/t20?,21?,22?,23?,25-,35?/m1/s1. The summed E-state index contributed by atoms with van der Waals surface area (Å²) in [5.74, 6) is -2.04. The lowest BCUT2D eigenvalue weighted by atomic mass is 9.48. The molecule has 276 valence electrons. The van der Waals surface area contributed by atoms with Crippen molar-refractivity contribution in [3.63, 3.8) is 0 Å². The molecule has 3 heterocycles. The Hall–Kier alpha value is -3.62. The first-order valence-electron chi connectivity index (χ1n) is 18.0. The van der Waals surface area contributed by atoms with Gasteiger partial charge in [0.2, 0.25) is 5.95 Å². The molecule has 5 saturated carbocycles. The first-order valence-corrected chi connectivity index (χ1v) is 18.0. The number of aromatic nitrogens is 2. The predicted molar refractivity (Wildman–Crippen MR) is 172 cm³/mol. The molecule has 1 spiro atoms. The van der Waals surface area contributed by atoms with Crippen LogP contribution in [0.4, 0.5) is 38.0 Å². The van der Waals surface area contributed by atoms with Crippen LogP contribution in [0.1, 0.15) is 92.2 Å². The third-order valence-corrected chi connectivity index (χ3v) is 12.7. The molecule has 0 unspecified atom stereocenters. The lowest BCUT2D eigenvalue weighted by Crippen LogP contribution is -2.70. The number of hydrogen-bond acceptors (Lipinski definition) is 7. The normalized spacial score (nSPS) is 31.3. The van der Waals surface area contributed by atoms with Crippen molar-refractivity contribution in [3.05, 3.63) is 41.2 Å². The molecular formula is C36H41F6N5O4. The summed E-state index contributed by atoms with van der Waals surface area (Å²) in [6.07, 6.45) is -0.533. The number of carboxylic acid groups (broad SMARTS) is 1. The second kappa shape index (κ2) is 12.2. The number of carboxylic acids is 1. The summed E-state index contributed by atoms with van der Waals surface area (Å²) in [6.45, 7) is -0.292. The van der Waals surface area contributed by atoms with E-state index in [2.05, 4.69) is 15.3 Å². The lowest BCUT2D eigenvalue weighted by molar-refractivity contribution is -0.163. The molecule has 51 heavy (non-hydrogen) atoms. The summed E-state index contributed by atoms with van der Waals surface area (Å²) in [5, 5.41) is 13.0. The van der Waals surface area contributed by atoms with Gasteiger partial charge in [-0.1, -0.05) is 19.3 Å². The zero-order valence-corrected chi connectivity index (χ0v) is 28.0. The Labute approximate surface area is 291 Å². The van der Waals surface area contributed by atoms with Gasteiger partial charge in [0.05, 0.1) is 12.1 Å². The van der Waals surface area contributed by atoms with E-state index < -0.39 is 59.1 Å². The van der Waals surface area contributed by atoms with Gasteiger partial charge < -0.3 is 20.1 Å². The largest absolute Gasteiger partial charge is 0.489 e. The number of halogens is 6. The van der Waals surface area contributed by atoms with Crippen LogP contribution in [0, 0.1) is 23.7 Å². The number of rotatable bonds is 7. The number of fused-ring (bicyclic) bond motifs is 2. The van der Waals surface area contributed by atoms with Gasteiger partial charge in [-0.2, -0.15) is 26.3 Å². The average molecular weight is 722 g/mol. The van der Waals surface area contributed by atoms with Crippen LogP contribution in [0.2, 0.25) is 0 Å². The number of benzene rings is 1. The number of alkyl halides is 6. The van der Waals surface area contributed by atoms with Gasteiger partial charge in [-0.3, -0.25) is 9.69 Å². The SMILES string of the molecule is O=C(NC1(C(=O)O)C2CC3CC(C2)CC1C3)c1cnc(N2CC3(CCCCC3)c3cc(O[C@@H]4CCN(CC(F)(F)F)C4)ccc32)nc1C(F)(F)F. The van der Waals surface area contributed by atoms with Gasteiger partial charge in [0.25, 0.3) is 5.91 Å². The molecule has 9 rings (SSSR count). The highest BCUT2D eigenvalue weighted by Crippen LogP contribution is 2.58. The molecule has 7 aliphatic rings. The first-order chi connectivity index (χ1) is 24.1. The van der Waals surface area contributed by atoms with Gasteiger partial charge in [0.1, 0.15) is 17.4 Å². The van der Waals surface area contributed by atoms with E-state index in [0.717, 1.165) is 50.3 Å². The van der Waals surface area contributed by atoms with E-state index in [1.165, 1.54) is 4.90 Å². The molecule has 1 aromatic carbocycles. The van der Waals surface area contributed by atoms with E-state index in [-0.39, 0.29) is 30.9 Å². The Balaban J connectivity index is 1.08. The number of nitrogens with zero attached hydrogens (tertiary/aromatic N) is 4. The molecular weight excluding hydrogens is 680 g/mol. The molecule has 1 saturated heterocycles. The second-order valence-electron chi connectivity index (χ2n) is 15.8. The van der Waals surface area contributed by atoms with Crippen molar-refractivity contribution in [3.8, 4) is 5.75 Å². The summed E-state index contributed by atoms with van der Waals surface area (Å²) in [7, 11) is 0. The lowest BCUT2D eigenvalue weighted by Gasteiger charge is -2.59. The highest BCUT2D eigenvalue weighted by molar-refractivity contribution is 5.99. The van der Waals surface area contributed by atoms with Crippen LogP contribution in [-0.4, -0.2) is 75.8 Å². The van der Waals surface area contributed by atoms with Crippen LogP contribution in [-0.2, 0) is 16.4 Å². The van der Waals surface area contributed by atoms with Gasteiger partial charge in [-0.25, -0.2) is 14.8 Å². The highest BCUT2D eigenvalue weighted by atomic mass is 19.4. The fourth-order valence-corrected chi connectivity index (χ4v) is 10.7. The fraction of sp³-hybridized carbons (Fsp3) is 0.667. The Kier molecular flexibility index (Phi) is 8.26. The van der Waals surface area contributed by atoms with E-state index in [4.69, 9.17) is 4.74 Å². The summed E-state index contributed by atoms with van der Waals surface area (Å²) in [6, 6.07) is 5.26. The molecule has 0 radical (unpaired) electrons. The fourth-order valence-electron chi connectivity index (χ4n) is 10.7. The third-order valence-electron chi connectivity index (χ3n) is 12.7. The van der Waals surface area contributed by atoms with E-state index in [0.29, 0.717) is 61.9 Å². The number of carbonyl (C=O) groups excluding carboxylic acids is 1. The summed E-state index contributed by atoms with van der Waals surface area (Å²) >= 11 is 0. The molecule has 9 nitrogen and oxygen atoms in total. The minimum atomic E-state index is -5.03. The third kappa shape index (κ3) is 6.10. The van der Waals surface area contributed by atoms with Gasteiger partial charge in [-0.05, 0) is 98.8 Å². The van der Waals surface area contributed by atoms with Crippen LogP contribution in [0.25, 0.3) is 0 Å². The van der Waals surface area contributed by atoms with Crippen molar-refractivity contribution in [2.75, 3.05) is 31.1 Å². The maximum absolute atomic E-state index is 14.7. The van der Waals surface area contributed by atoms with Crippen molar-refractivity contribution in [1.29, 1.82) is 0 Å². The number of nitrogens with one attached hydrogen (secondary N) is 1. The van der Waals surface area contributed by atoms with Crippen molar-refractivity contribution in [2.24, 2.45) is 23.7 Å². The summed E-state index contributed by atoms with van der Waals surface area (Å²) in [4.78, 5) is 37.8. The van der Waals surface area contributed by atoms with E-state index >= 15 is 0 Å². The first kappa shape index (κ1) is 34.5. The smallest absolute Gasteiger partial charge is 0.434 e. The van der Waals surface area contributed by atoms with Crippen LogP contribution in [0.5, 0.6) is 5.75 Å². The van der Waals surface area contributed by atoms with Crippen molar-refractivity contribution < 1.29 is 45.8 Å². The van der Waals surface area contributed by atoms with Gasteiger partial charge in [-0.15, -0.1) is 0 Å². The second-order valence-corrected chi connectivity index (χ2v) is 15.8. The molecule has 2 aliphatic heterocycles. The Morgan fingerprint density at radius 1 is 0.980 bits per heavy atom. The van der Waals surface area contributed by atoms with Crippen molar-refractivity contribution >= 4 is 23.5 Å². The number of hydrogen-bond donors (Lipinski definition) is 2. The molecule has 6 fully saturated rings. The number of anilines is 2. The Morgan fingerprint density at radius 2 is 1.67 bits per heavy atom. The van der Waals surface area contributed by atoms with Gasteiger partial charge >= 0.3 is 18.3 Å². The van der Waals surface area contributed by atoms with E-state index in [1.807, 2.05) is 6.07 Å². The minimum Gasteiger partial charge on any atom is -0.489 e. The van der Waals surface area contributed by atoms with E-state index in [1.54, 1.807) is 17.0 Å². The molecule has 2 aromatic rings. The van der Waals surface area contributed by atoms with Crippen LogP contribution < -0.4 is 15.0 Å². The molecule has 1 amide bonds. The predicted octanol–water partition coefficient (Wildman–Crippen LogP) is 6.87. The van der Waals surface area contributed by atoms with Gasteiger partial charge in [0.15, 0.2) is 5.69 Å². The van der Waals surface area contributed by atoms with Crippen LogP contribution in [0.3, 0.4) is 0 Å². The molecule has 4 bridgehead atoms. The monoisotopic (exact) mass is 721 g/mol. The summed E-state index contributed by atoms with van der Waals surface area (Å²) in [5.41, 5.74) is -2.82. The Morgan fingerprint density at radius 3 is 2.29 bits per heavy atom. The maximum Gasteiger partial charge on any atom is 0.434 e. The quantitative estimate of drug-likeness (QED) is 0.299. The zero-order chi connectivity index (χ0) is 35.9. The Bertz CT molecular complexity index is 1680. The van der Waals surface area contributed by atoms with E-state index in [9.17, 15) is 41.0 Å². The highest BCUT2D eigenvalue weighted by Gasteiger charge is 2.62. The number of ether oxygens (including phenoxy) is 1. The number of carbonyl (C=O) groups is 2. The number of aliphatic carboxylic acids is 1. The molecule has 1 atom stereocenters. The van der Waals surface area contributed by atoms with Crippen molar-refractivity contribution in [2.45, 2.75) is 100 Å². The molecule has 5 aliphatic carbocycles. The van der Waals surface area contributed by atoms with Crippen LogP contribution >= 0.6 is 0 Å². The summed E-state index contributed by atoms with van der Waals surface area (Å²) < 4.78 is 89.1. The zero-order valence-electron chi connectivity index (χ0n) is 28.0. The molecule has 1 aromatic heterocycles. The molecule has 2 N–H and O–H groups in total. The minimum absolute atomic E-state index is 0.137. The van der Waals surface area contributed by atoms with Crippen molar-refractivity contribution in [1.82, 2.24) is 20.2 Å². The topological polar surface area (TPSA) is 108 Å². The average Bonchev–Trinajstić information content (AvgIpc) is 3.62. The maximum atomic E-state index is 14.7. The van der Waals surface area contributed by atoms with Crippen LogP contribution in [0.15, 0.2) is 24.4 Å². The molecule has 15 heteroatoms.